The van der Waals surface area contributed by atoms with Crippen LogP contribution in [0.5, 0.6) is 5.75 Å². The topological polar surface area (TPSA) is 52.1 Å². The minimum atomic E-state index is -4.59. The molecule has 0 aliphatic rings. The van der Waals surface area contributed by atoms with Crippen molar-refractivity contribution >= 4 is 6.47 Å². The van der Waals surface area contributed by atoms with Gasteiger partial charge in [-0.1, -0.05) is 0 Å². The van der Waals surface area contributed by atoms with Gasteiger partial charge < -0.3 is 4.74 Å². The number of carbonyl (C=O) groups is 1. The lowest BCUT2D eigenvalue weighted by Gasteiger charge is -2.04. The fraction of sp³-hybridized carbons (Fsp3) is 0.167. The quantitative estimate of drug-likeness (QED) is 0.656. The second-order valence-corrected chi connectivity index (χ2v) is 1.99. The molecule has 0 saturated heterocycles. The van der Waals surface area contributed by atoms with Gasteiger partial charge >= 0.3 is 6.18 Å². The van der Waals surface area contributed by atoms with Gasteiger partial charge in [-0.05, 0) is 0 Å². The van der Waals surface area contributed by atoms with Crippen molar-refractivity contribution in [3.63, 3.8) is 0 Å². The third-order valence-corrected chi connectivity index (χ3v) is 1.10. The van der Waals surface area contributed by atoms with Gasteiger partial charge in [-0.3, -0.25) is 4.79 Å². The Hall–Kier alpha value is -1.66. The fourth-order valence-electron chi connectivity index (χ4n) is 0.607. The molecule has 0 aliphatic heterocycles. The first-order valence-electron chi connectivity index (χ1n) is 3.04. The number of carbonyl (C=O) groups excluding carboxylic acids is 1. The molecule has 1 aromatic heterocycles. The Morgan fingerprint density at radius 2 is 2.15 bits per heavy atom. The molecule has 0 saturated carbocycles. The molecule has 1 heterocycles. The van der Waals surface area contributed by atoms with E-state index in [0.717, 1.165) is 6.20 Å². The number of alkyl halides is 3. The summed E-state index contributed by atoms with van der Waals surface area (Å²) in [5.74, 6) is -0.294. The van der Waals surface area contributed by atoms with Crippen molar-refractivity contribution < 1.29 is 22.7 Å². The van der Waals surface area contributed by atoms with Gasteiger partial charge in [0, 0.05) is 6.07 Å². The second kappa shape index (κ2) is 3.38. The van der Waals surface area contributed by atoms with E-state index in [1.54, 1.807) is 0 Å². The monoisotopic (exact) mass is 192 g/mol. The lowest BCUT2D eigenvalue weighted by Crippen LogP contribution is -2.09. The predicted molar refractivity (Wildman–Crippen MR) is 33.7 cm³/mol. The number of hydrogen-bond acceptors (Lipinski definition) is 4. The minimum Gasteiger partial charge on any atom is -0.427 e. The van der Waals surface area contributed by atoms with Gasteiger partial charge in [0.1, 0.15) is 0 Å². The van der Waals surface area contributed by atoms with E-state index < -0.39 is 11.9 Å². The number of hydrogen-bond donors (Lipinski definition) is 0. The van der Waals surface area contributed by atoms with Crippen LogP contribution in [0.3, 0.4) is 0 Å². The molecule has 0 unspecified atom stereocenters. The van der Waals surface area contributed by atoms with E-state index in [1.807, 2.05) is 0 Å². The Morgan fingerprint density at radius 1 is 1.46 bits per heavy atom. The van der Waals surface area contributed by atoms with Crippen molar-refractivity contribution in [1.29, 1.82) is 0 Å². The van der Waals surface area contributed by atoms with Crippen LogP contribution < -0.4 is 4.74 Å². The van der Waals surface area contributed by atoms with Gasteiger partial charge in [0.15, 0.2) is 11.4 Å². The van der Waals surface area contributed by atoms with E-state index in [0.29, 0.717) is 6.07 Å². The molecule has 0 aromatic carbocycles. The third-order valence-electron chi connectivity index (χ3n) is 1.10. The Labute approximate surface area is 70.3 Å². The summed E-state index contributed by atoms with van der Waals surface area (Å²) >= 11 is 0. The first-order valence-corrected chi connectivity index (χ1v) is 3.04. The number of rotatable bonds is 2. The van der Waals surface area contributed by atoms with Crippen LogP contribution in [0, 0.1) is 0 Å². The molecular weight excluding hydrogens is 189 g/mol. The summed E-state index contributed by atoms with van der Waals surface area (Å²) in [5.41, 5.74) is -1.20. The summed E-state index contributed by atoms with van der Waals surface area (Å²) in [5, 5.41) is 5.84. The van der Waals surface area contributed by atoms with Crippen molar-refractivity contribution in [2.45, 2.75) is 6.18 Å². The molecule has 0 spiro atoms. The summed E-state index contributed by atoms with van der Waals surface area (Å²) < 4.78 is 40.0. The number of ether oxygens (including phenoxy) is 1. The van der Waals surface area contributed by atoms with E-state index in [-0.39, 0.29) is 12.2 Å². The van der Waals surface area contributed by atoms with Crippen molar-refractivity contribution in [3.8, 4) is 5.75 Å². The minimum absolute atomic E-state index is 0.0111. The highest BCUT2D eigenvalue weighted by molar-refractivity contribution is 5.44. The molecule has 0 N–H and O–H groups in total. The van der Waals surface area contributed by atoms with Crippen LogP contribution in [0.25, 0.3) is 0 Å². The third kappa shape index (κ3) is 2.39. The molecule has 0 aliphatic carbocycles. The van der Waals surface area contributed by atoms with E-state index in [2.05, 4.69) is 14.9 Å². The van der Waals surface area contributed by atoms with Crippen LogP contribution in [0.1, 0.15) is 5.69 Å². The molecule has 13 heavy (non-hydrogen) atoms. The fourth-order valence-corrected chi connectivity index (χ4v) is 0.607. The van der Waals surface area contributed by atoms with Crippen molar-refractivity contribution in [2.75, 3.05) is 0 Å². The highest BCUT2D eigenvalue weighted by Gasteiger charge is 2.33. The largest absolute Gasteiger partial charge is 0.435 e. The Morgan fingerprint density at radius 3 is 2.69 bits per heavy atom. The zero-order chi connectivity index (χ0) is 9.90. The SMILES string of the molecule is O=COc1cnnc(C(F)(F)F)c1. The standard InChI is InChI=1S/C6H3F3N2O2/c7-6(8,9)5-1-4(13-3-12)2-10-11-5/h1-3H. The van der Waals surface area contributed by atoms with E-state index in [1.165, 1.54) is 0 Å². The smallest absolute Gasteiger partial charge is 0.427 e. The van der Waals surface area contributed by atoms with E-state index in [9.17, 15) is 18.0 Å². The molecule has 7 heteroatoms. The molecule has 1 aromatic rings. The Balaban J connectivity index is 2.98. The maximum absolute atomic E-state index is 12.0. The predicted octanol–water partition coefficient (Wildman–Crippen LogP) is 1.03. The normalized spacial score (nSPS) is 11.0. The zero-order valence-corrected chi connectivity index (χ0v) is 6.08. The van der Waals surface area contributed by atoms with Gasteiger partial charge in [0.25, 0.3) is 6.47 Å². The molecule has 0 fully saturated rings. The molecule has 0 amide bonds. The zero-order valence-electron chi connectivity index (χ0n) is 6.08. The average Bonchev–Trinajstić information content (AvgIpc) is 2.04. The second-order valence-electron chi connectivity index (χ2n) is 1.99. The highest BCUT2D eigenvalue weighted by Crippen LogP contribution is 2.28. The maximum atomic E-state index is 12.0. The molecule has 0 radical (unpaired) electrons. The van der Waals surface area contributed by atoms with Crippen molar-refractivity contribution in [1.82, 2.24) is 10.2 Å². The lowest BCUT2D eigenvalue weighted by atomic mass is 10.4. The molecule has 4 nitrogen and oxygen atoms in total. The first-order chi connectivity index (χ1) is 6.04. The van der Waals surface area contributed by atoms with E-state index >= 15 is 0 Å². The molecule has 70 valence electrons. The van der Waals surface area contributed by atoms with Gasteiger partial charge in [0.05, 0.1) is 6.20 Å². The number of halogens is 3. The Kier molecular flexibility index (Phi) is 2.45. The molecule has 0 atom stereocenters. The van der Waals surface area contributed by atoms with Crippen LogP contribution in [0.2, 0.25) is 0 Å². The van der Waals surface area contributed by atoms with Crippen LogP contribution in [0.4, 0.5) is 13.2 Å². The summed E-state index contributed by atoms with van der Waals surface area (Å²) in [4.78, 5) is 9.78. The van der Waals surface area contributed by atoms with Crippen LogP contribution >= 0.6 is 0 Å². The van der Waals surface area contributed by atoms with Crippen molar-refractivity contribution in [2.24, 2.45) is 0 Å². The van der Waals surface area contributed by atoms with Crippen LogP contribution in [-0.4, -0.2) is 16.7 Å². The van der Waals surface area contributed by atoms with Gasteiger partial charge in [-0.2, -0.15) is 18.3 Å². The maximum Gasteiger partial charge on any atom is 0.435 e. The molecular formula is C6H3F3N2O2. The number of aromatic nitrogens is 2. The average molecular weight is 192 g/mol. The summed E-state index contributed by atoms with van der Waals surface area (Å²) in [6.45, 7) is 0.0111. The van der Waals surface area contributed by atoms with Gasteiger partial charge in [-0.25, -0.2) is 0 Å². The van der Waals surface area contributed by atoms with Crippen LogP contribution in [-0.2, 0) is 11.0 Å². The first kappa shape index (κ1) is 9.43. The summed E-state index contributed by atoms with van der Waals surface area (Å²) in [6, 6.07) is 0.585. The van der Waals surface area contributed by atoms with Crippen LogP contribution in [0.15, 0.2) is 12.3 Å². The summed E-state index contributed by atoms with van der Waals surface area (Å²) in [6.07, 6.45) is -3.68. The molecule has 0 bridgehead atoms. The molecule has 1 rings (SSSR count). The Bertz CT molecular complexity index is 313. The number of nitrogens with zero attached hydrogens (tertiary/aromatic N) is 2. The lowest BCUT2D eigenvalue weighted by molar-refractivity contribution is -0.142. The highest BCUT2D eigenvalue weighted by atomic mass is 19.4. The van der Waals surface area contributed by atoms with Gasteiger partial charge in [0.2, 0.25) is 0 Å². The van der Waals surface area contributed by atoms with Crippen molar-refractivity contribution in [3.05, 3.63) is 18.0 Å². The van der Waals surface area contributed by atoms with Gasteiger partial charge in [-0.15, -0.1) is 5.10 Å². The van der Waals surface area contributed by atoms with E-state index in [4.69, 9.17) is 0 Å². The summed E-state index contributed by atoms with van der Waals surface area (Å²) in [7, 11) is 0.